The van der Waals surface area contributed by atoms with E-state index in [1.165, 1.54) is 0 Å². The highest BCUT2D eigenvalue weighted by Gasteiger charge is 2.39. The van der Waals surface area contributed by atoms with E-state index < -0.39 is 11.2 Å². The summed E-state index contributed by atoms with van der Waals surface area (Å²) in [5.74, 6) is -0.757. The molecule has 14 heavy (non-hydrogen) atoms. The van der Waals surface area contributed by atoms with Crippen LogP contribution in [0.2, 0.25) is 0 Å². The molecule has 6 heteroatoms. The molecule has 1 atom stereocenters. The maximum absolute atomic E-state index is 12.2. The normalized spacial score (nSPS) is 22.1. The Morgan fingerprint density at radius 1 is 1.64 bits per heavy atom. The van der Waals surface area contributed by atoms with Crippen molar-refractivity contribution in [3.05, 3.63) is 0 Å². The van der Waals surface area contributed by atoms with Gasteiger partial charge in [-0.05, 0) is 6.92 Å². The fourth-order valence-electron chi connectivity index (χ4n) is 1.26. The molecule has 1 heterocycles. The molecular weight excluding hydrogens is 209 g/mol. The van der Waals surface area contributed by atoms with Crippen molar-refractivity contribution in [2.45, 2.75) is 18.6 Å². The Kier molecular flexibility index (Phi) is 4.34. The molecule has 0 aliphatic carbocycles. The minimum absolute atomic E-state index is 0.0356. The first-order valence-corrected chi connectivity index (χ1v) is 5.18. The number of halogens is 1. The molecule has 1 rings (SSSR count). The molecule has 1 saturated heterocycles. The number of imide groups is 1. The van der Waals surface area contributed by atoms with E-state index in [0.29, 0.717) is 13.2 Å². The summed E-state index contributed by atoms with van der Waals surface area (Å²) in [7, 11) is 0. The standard InChI is InChI=1S/C8H12FNO3S/c1-2-13-4-3-10-7(11)5-6(14-9)8(10)12/h6H,2-5H2,1H3. The highest BCUT2D eigenvalue weighted by molar-refractivity contribution is 7.95. The number of hydrogen-bond acceptors (Lipinski definition) is 4. The lowest BCUT2D eigenvalue weighted by molar-refractivity contribution is -0.139. The average Bonchev–Trinajstić information content (AvgIpc) is 2.45. The smallest absolute Gasteiger partial charge is 0.245 e. The first-order valence-electron chi connectivity index (χ1n) is 4.40. The van der Waals surface area contributed by atoms with Gasteiger partial charge < -0.3 is 4.74 Å². The van der Waals surface area contributed by atoms with Gasteiger partial charge in [0.25, 0.3) is 0 Å². The van der Waals surface area contributed by atoms with Crippen LogP contribution in [0.15, 0.2) is 0 Å². The summed E-state index contributed by atoms with van der Waals surface area (Å²) < 4.78 is 17.2. The fourth-order valence-corrected chi connectivity index (χ4v) is 1.67. The van der Waals surface area contributed by atoms with Gasteiger partial charge in [0.1, 0.15) is 5.25 Å². The maximum Gasteiger partial charge on any atom is 0.245 e. The van der Waals surface area contributed by atoms with Crippen LogP contribution in [0.25, 0.3) is 0 Å². The van der Waals surface area contributed by atoms with Crippen LogP contribution in [0.5, 0.6) is 0 Å². The van der Waals surface area contributed by atoms with Gasteiger partial charge in [-0.2, -0.15) is 3.89 Å². The van der Waals surface area contributed by atoms with Crippen LogP contribution in [-0.2, 0) is 14.3 Å². The monoisotopic (exact) mass is 221 g/mol. The summed E-state index contributed by atoms with van der Waals surface area (Å²) in [6.45, 7) is 2.91. The number of nitrogens with zero attached hydrogens (tertiary/aromatic N) is 1. The molecule has 1 fully saturated rings. The highest BCUT2D eigenvalue weighted by Crippen LogP contribution is 2.25. The Balaban J connectivity index is 2.44. The molecule has 0 N–H and O–H groups in total. The molecule has 1 aliphatic rings. The van der Waals surface area contributed by atoms with Gasteiger partial charge in [0, 0.05) is 6.61 Å². The van der Waals surface area contributed by atoms with Gasteiger partial charge >= 0.3 is 0 Å². The highest BCUT2D eigenvalue weighted by atomic mass is 32.2. The van der Waals surface area contributed by atoms with Crippen LogP contribution in [0, 0.1) is 0 Å². The van der Waals surface area contributed by atoms with Crippen molar-refractivity contribution >= 4 is 24.0 Å². The van der Waals surface area contributed by atoms with E-state index >= 15 is 0 Å². The number of carbonyl (C=O) groups excluding carboxylic acids is 2. The van der Waals surface area contributed by atoms with Crippen molar-refractivity contribution in [2.75, 3.05) is 19.8 Å². The Hall–Kier alpha value is -0.620. The van der Waals surface area contributed by atoms with Crippen LogP contribution in [0.4, 0.5) is 3.89 Å². The molecule has 1 unspecified atom stereocenters. The predicted octanol–water partition coefficient (Wildman–Crippen LogP) is 0.768. The second kappa shape index (κ2) is 5.31. The van der Waals surface area contributed by atoms with Crippen LogP contribution < -0.4 is 0 Å². The Bertz CT molecular complexity index is 237. The molecule has 1 aliphatic heterocycles. The predicted molar refractivity (Wildman–Crippen MR) is 50.3 cm³/mol. The first-order chi connectivity index (χ1) is 6.70. The van der Waals surface area contributed by atoms with Crippen molar-refractivity contribution < 1.29 is 18.2 Å². The summed E-state index contributed by atoms with van der Waals surface area (Å²) in [6.07, 6.45) is -0.0356. The molecule has 4 nitrogen and oxygen atoms in total. The third kappa shape index (κ3) is 2.45. The Morgan fingerprint density at radius 3 is 2.86 bits per heavy atom. The molecule has 2 amide bonds. The van der Waals surface area contributed by atoms with Gasteiger partial charge in [0.15, 0.2) is 0 Å². The minimum Gasteiger partial charge on any atom is -0.380 e. The van der Waals surface area contributed by atoms with Gasteiger partial charge in [0.05, 0.1) is 31.7 Å². The van der Waals surface area contributed by atoms with E-state index in [1.54, 1.807) is 0 Å². The Morgan fingerprint density at radius 2 is 2.36 bits per heavy atom. The van der Waals surface area contributed by atoms with E-state index in [9.17, 15) is 13.5 Å². The van der Waals surface area contributed by atoms with Gasteiger partial charge in [-0.15, -0.1) is 0 Å². The second-order valence-corrected chi connectivity index (χ2v) is 3.61. The zero-order chi connectivity index (χ0) is 10.6. The number of carbonyl (C=O) groups is 2. The van der Waals surface area contributed by atoms with Gasteiger partial charge in [-0.3, -0.25) is 14.5 Å². The summed E-state index contributed by atoms with van der Waals surface area (Å²) in [5, 5.41) is -0.843. The first kappa shape index (κ1) is 11.5. The minimum atomic E-state index is -0.843. The van der Waals surface area contributed by atoms with Gasteiger partial charge in [-0.1, -0.05) is 0 Å². The largest absolute Gasteiger partial charge is 0.380 e. The average molecular weight is 221 g/mol. The van der Waals surface area contributed by atoms with Crippen LogP contribution in [0.3, 0.4) is 0 Å². The molecule has 0 saturated carbocycles. The quantitative estimate of drug-likeness (QED) is 0.508. The molecule has 0 aromatic carbocycles. The van der Waals surface area contributed by atoms with E-state index in [-0.39, 0.29) is 31.0 Å². The summed E-state index contributed by atoms with van der Waals surface area (Å²) in [4.78, 5) is 23.6. The summed E-state index contributed by atoms with van der Waals surface area (Å²) in [6, 6.07) is 0. The van der Waals surface area contributed by atoms with Crippen molar-refractivity contribution in [1.29, 1.82) is 0 Å². The van der Waals surface area contributed by atoms with Crippen LogP contribution >= 0.6 is 12.1 Å². The molecule has 80 valence electrons. The molecule has 0 aromatic rings. The van der Waals surface area contributed by atoms with Crippen molar-refractivity contribution in [3.8, 4) is 0 Å². The van der Waals surface area contributed by atoms with E-state index in [2.05, 4.69) is 0 Å². The second-order valence-electron chi connectivity index (χ2n) is 2.86. The van der Waals surface area contributed by atoms with E-state index in [4.69, 9.17) is 4.74 Å². The number of rotatable bonds is 5. The summed E-state index contributed by atoms with van der Waals surface area (Å²) in [5.41, 5.74) is 0. The number of amides is 2. The number of likely N-dealkylation sites (tertiary alicyclic amines) is 1. The topological polar surface area (TPSA) is 46.6 Å². The molecular formula is C8H12FNO3S. The van der Waals surface area contributed by atoms with Crippen LogP contribution in [0.1, 0.15) is 13.3 Å². The van der Waals surface area contributed by atoms with Crippen molar-refractivity contribution in [2.24, 2.45) is 0 Å². The zero-order valence-corrected chi connectivity index (χ0v) is 8.68. The lowest BCUT2D eigenvalue weighted by Gasteiger charge is -2.13. The number of ether oxygens (including phenoxy) is 1. The molecule has 0 aromatic heterocycles. The van der Waals surface area contributed by atoms with Gasteiger partial charge in [0.2, 0.25) is 11.8 Å². The maximum atomic E-state index is 12.2. The molecule has 0 spiro atoms. The molecule has 0 radical (unpaired) electrons. The van der Waals surface area contributed by atoms with Gasteiger partial charge in [-0.25, -0.2) is 0 Å². The Labute approximate surface area is 86.1 Å². The lowest BCUT2D eigenvalue weighted by Crippen LogP contribution is -2.34. The third-order valence-corrected chi connectivity index (χ3v) is 2.56. The SMILES string of the molecule is CCOCCN1C(=O)CC(SF)C1=O. The van der Waals surface area contributed by atoms with E-state index in [1.807, 2.05) is 6.92 Å². The van der Waals surface area contributed by atoms with Crippen molar-refractivity contribution in [3.63, 3.8) is 0 Å². The third-order valence-electron chi connectivity index (χ3n) is 1.97. The summed E-state index contributed by atoms with van der Waals surface area (Å²) >= 11 is -0.0656. The van der Waals surface area contributed by atoms with E-state index in [0.717, 1.165) is 4.90 Å². The fraction of sp³-hybridized carbons (Fsp3) is 0.750. The molecule has 0 bridgehead atoms. The zero-order valence-electron chi connectivity index (χ0n) is 7.86. The lowest BCUT2D eigenvalue weighted by atomic mass is 10.4. The van der Waals surface area contributed by atoms with Crippen molar-refractivity contribution in [1.82, 2.24) is 4.90 Å². The number of hydrogen-bond donors (Lipinski definition) is 0. The van der Waals surface area contributed by atoms with Crippen LogP contribution in [-0.4, -0.2) is 41.7 Å².